The van der Waals surface area contributed by atoms with Crippen molar-refractivity contribution >= 4 is 19.6 Å². The number of rotatable bonds is 10. The van der Waals surface area contributed by atoms with Crippen LogP contribution in [0.1, 0.15) is 28.5 Å². The number of amides is 1. The van der Waals surface area contributed by atoms with Crippen molar-refractivity contribution in [1.82, 2.24) is 19.9 Å². The number of aryl methyl sites for hydroxylation is 1. The largest absolute Gasteiger partial charge is 0.569 e. The number of aromatic carboxylic acids is 1. The van der Waals surface area contributed by atoms with E-state index in [4.69, 9.17) is 19.5 Å². The number of nitrogens with zero attached hydrogens (tertiary/aromatic N) is 4. The molecule has 3 N–H and O–H groups in total. The number of carboxylic acid groups (broad SMARTS) is 1. The molecule has 0 saturated carbocycles. The Bertz CT molecular complexity index is 914. The third-order valence-corrected chi connectivity index (χ3v) is 4.71. The van der Waals surface area contributed by atoms with E-state index in [-0.39, 0.29) is 42.2 Å². The molecule has 0 atom stereocenters. The number of hydrogen-bond acceptors (Lipinski definition) is 8. The number of aliphatic hydroxyl groups is 1. The molecule has 1 fully saturated rings. The zero-order chi connectivity index (χ0) is 21.7. The lowest BCUT2D eigenvalue weighted by Crippen LogP contribution is -2.57. The summed E-state index contributed by atoms with van der Waals surface area (Å²) in [5.74, 6) is -1.27. The number of hydrogen-bond donors (Lipinski definition) is 3. The van der Waals surface area contributed by atoms with Crippen LogP contribution in [0.5, 0.6) is 11.5 Å². The Balaban J connectivity index is 1.61. The lowest BCUT2D eigenvalue weighted by Gasteiger charge is -2.39. The molecule has 0 unspecified atom stereocenters. The zero-order valence-electron chi connectivity index (χ0n) is 16.4. The van der Waals surface area contributed by atoms with Crippen LogP contribution in [0.4, 0.5) is 0 Å². The minimum absolute atomic E-state index is 0.0149. The quantitative estimate of drug-likeness (QED) is 0.426. The van der Waals surface area contributed by atoms with E-state index in [1.54, 1.807) is 23.2 Å². The van der Waals surface area contributed by atoms with E-state index in [1.807, 2.05) is 6.92 Å². The maximum Gasteiger partial charge on any atom is 0.569 e. The molecule has 1 aromatic carbocycles. The normalized spacial score (nSPS) is 13.6. The number of carboxylic acids is 1. The first-order valence-corrected chi connectivity index (χ1v) is 9.42. The highest BCUT2D eigenvalue weighted by atomic mass is 16.5. The predicted octanol–water partition coefficient (Wildman–Crippen LogP) is -0.731. The van der Waals surface area contributed by atoms with Crippen molar-refractivity contribution in [1.29, 1.82) is 0 Å². The molecule has 3 rings (SSSR count). The van der Waals surface area contributed by atoms with E-state index in [0.29, 0.717) is 44.9 Å². The third-order valence-electron chi connectivity index (χ3n) is 4.71. The monoisotopic (exact) mass is 417 g/mol. The summed E-state index contributed by atoms with van der Waals surface area (Å²) >= 11 is 0. The molecule has 1 saturated heterocycles. The van der Waals surface area contributed by atoms with Gasteiger partial charge in [0, 0.05) is 19.2 Å². The summed E-state index contributed by atoms with van der Waals surface area (Å²) in [6.07, 6.45) is 2.12. The highest BCUT2D eigenvalue weighted by molar-refractivity contribution is 6.18. The van der Waals surface area contributed by atoms with Gasteiger partial charge in [-0.3, -0.25) is 4.79 Å². The fraction of sp³-hybridized carbons (Fsp3) is 0.444. The van der Waals surface area contributed by atoms with Gasteiger partial charge in [0.05, 0.1) is 18.8 Å². The summed E-state index contributed by atoms with van der Waals surface area (Å²) < 4.78 is 12.2. The lowest BCUT2D eigenvalue weighted by molar-refractivity contribution is -0.140. The number of ether oxygens (including phenoxy) is 1. The van der Waals surface area contributed by atoms with Crippen LogP contribution in [0.25, 0.3) is 0 Å². The van der Waals surface area contributed by atoms with Gasteiger partial charge < -0.3 is 29.5 Å². The van der Waals surface area contributed by atoms with Crippen molar-refractivity contribution in [3.8, 4) is 11.5 Å². The molecule has 0 bridgehead atoms. The first-order chi connectivity index (χ1) is 14.5. The van der Waals surface area contributed by atoms with Crippen molar-refractivity contribution in [2.75, 3.05) is 19.7 Å². The molecule has 11 nitrogen and oxygen atoms in total. The highest BCUT2D eigenvalue weighted by Gasteiger charge is 2.34. The van der Waals surface area contributed by atoms with Gasteiger partial charge >= 0.3 is 13.7 Å². The van der Waals surface area contributed by atoms with Crippen LogP contribution in [0.3, 0.4) is 0 Å². The molecule has 1 amide bonds. The van der Waals surface area contributed by atoms with Gasteiger partial charge in [-0.2, -0.15) is 0 Å². The lowest BCUT2D eigenvalue weighted by atomic mass is 10.0. The molecule has 1 aliphatic rings. The topological polar surface area (TPSA) is 147 Å². The third kappa shape index (κ3) is 4.71. The van der Waals surface area contributed by atoms with Crippen molar-refractivity contribution < 1.29 is 34.2 Å². The van der Waals surface area contributed by atoms with Gasteiger partial charge in [-0.25, -0.2) is 9.48 Å². The van der Waals surface area contributed by atoms with E-state index in [2.05, 4.69) is 10.3 Å². The molecular weight excluding hydrogens is 395 g/mol. The molecule has 159 valence electrons. The Kier molecular flexibility index (Phi) is 6.90. The van der Waals surface area contributed by atoms with E-state index >= 15 is 0 Å². The standard InChI is InChI=1S/C18H22BN4O7/c1-2-11-3-4-14(16(18(26)27)17(11)30-19-28)29-13-8-22(9-13)15(25)10-23-7-12(5-6-24)20-21-23/h3-4,7,13,24,28H,2,5-6,8-10H2,1H3,(H,26,27). The molecule has 2 aromatic rings. The van der Waals surface area contributed by atoms with Gasteiger partial charge in [0.15, 0.2) is 0 Å². The average Bonchev–Trinajstić information content (AvgIpc) is 3.11. The smallest absolute Gasteiger partial charge is 0.536 e. The van der Waals surface area contributed by atoms with Gasteiger partial charge in [-0.05, 0) is 18.1 Å². The second-order valence-corrected chi connectivity index (χ2v) is 6.73. The van der Waals surface area contributed by atoms with Crippen LogP contribution in [-0.2, 0) is 24.2 Å². The maximum atomic E-state index is 12.3. The zero-order valence-corrected chi connectivity index (χ0v) is 16.4. The predicted molar refractivity (Wildman–Crippen MR) is 103 cm³/mol. The minimum Gasteiger partial charge on any atom is -0.536 e. The Morgan fingerprint density at radius 2 is 2.10 bits per heavy atom. The summed E-state index contributed by atoms with van der Waals surface area (Å²) in [5, 5.41) is 35.2. The van der Waals surface area contributed by atoms with Gasteiger partial charge in [0.1, 0.15) is 29.7 Å². The van der Waals surface area contributed by atoms with Crippen molar-refractivity contribution in [3.05, 3.63) is 35.2 Å². The number of carbonyl (C=O) groups is 2. The van der Waals surface area contributed by atoms with E-state index in [1.165, 1.54) is 4.68 Å². The van der Waals surface area contributed by atoms with Crippen molar-refractivity contribution in [2.45, 2.75) is 32.4 Å². The summed E-state index contributed by atoms with van der Waals surface area (Å²) in [6, 6.07) is 3.23. The Labute approximate surface area is 173 Å². The van der Waals surface area contributed by atoms with Crippen molar-refractivity contribution in [3.63, 3.8) is 0 Å². The van der Waals surface area contributed by atoms with Crippen molar-refractivity contribution in [2.24, 2.45) is 0 Å². The van der Waals surface area contributed by atoms with E-state index in [9.17, 15) is 14.7 Å². The molecule has 1 aromatic heterocycles. The van der Waals surface area contributed by atoms with Gasteiger partial charge in [0.2, 0.25) is 5.91 Å². The second-order valence-electron chi connectivity index (χ2n) is 6.73. The minimum atomic E-state index is -1.24. The molecule has 0 spiro atoms. The first kappa shape index (κ1) is 21.6. The Hall–Kier alpha value is -3.12. The SMILES string of the molecule is CCc1ccc(OC2CN(C(=O)Cn3cc(CCO)nn3)C2)c(C(=O)O)c1O[B]O. The molecule has 30 heavy (non-hydrogen) atoms. The molecule has 0 aliphatic carbocycles. The molecule has 1 radical (unpaired) electrons. The summed E-state index contributed by atoms with van der Waals surface area (Å²) in [6.45, 7) is 2.41. The van der Waals surface area contributed by atoms with Crippen LogP contribution in [0, 0.1) is 0 Å². The van der Waals surface area contributed by atoms with Gasteiger partial charge in [-0.15, -0.1) is 5.10 Å². The Morgan fingerprint density at radius 1 is 1.33 bits per heavy atom. The van der Waals surface area contributed by atoms with E-state index in [0.717, 1.165) is 0 Å². The number of benzene rings is 1. The van der Waals surface area contributed by atoms with Crippen LogP contribution in [-0.4, -0.2) is 80.5 Å². The first-order valence-electron chi connectivity index (χ1n) is 9.42. The Morgan fingerprint density at radius 3 is 2.73 bits per heavy atom. The maximum absolute atomic E-state index is 12.3. The van der Waals surface area contributed by atoms with Crippen LogP contribution >= 0.6 is 0 Å². The van der Waals surface area contributed by atoms with Crippen LogP contribution in [0.15, 0.2) is 18.3 Å². The van der Waals surface area contributed by atoms with Crippen LogP contribution in [0.2, 0.25) is 0 Å². The molecule has 2 heterocycles. The summed E-state index contributed by atoms with van der Waals surface area (Å²) in [7, 11) is 0.435. The number of carbonyl (C=O) groups excluding carboxylic acids is 1. The van der Waals surface area contributed by atoms with Gasteiger partial charge in [0.25, 0.3) is 0 Å². The molecular formula is C18H22BN4O7. The van der Waals surface area contributed by atoms with E-state index < -0.39 is 5.97 Å². The second kappa shape index (κ2) is 9.59. The molecule has 1 aliphatic heterocycles. The number of aliphatic hydroxyl groups excluding tert-OH is 1. The van der Waals surface area contributed by atoms with Gasteiger partial charge in [-0.1, -0.05) is 18.2 Å². The number of likely N-dealkylation sites (tertiary alicyclic amines) is 1. The fourth-order valence-corrected chi connectivity index (χ4v) is 3.15. The fourth-order valence-electron chi connectivity index (χ4n) is 3.15. The molecule has 12 heteroatoms. The average molecular weight is 417 g/mol. The van der Waals surface area contributed by atoms with Crippen LogP contribution < -0.4 is 9.39 Å². The highest BCUT2D eigenvalue weighted by Crippen LogP contribution is 2.34. The summed E-state index contributed by atoms with van der Waals surface area (Å²) in [5.41, 5.74) is 1.04. The number of aromatic nitrogens is 3. The summed E-state index contributed by atoms with van der Waals surface area (Å²) in [4.78, 5) is 25.7.